The zero-order valence-corrected chi connectivity index (χ0v) is 31.6. The van der Waals surface area contributed by atoms with E-state index in [-0.39, 0.29) is 0 Å². The molecule has 0 atom stereocenters. The van der Waals surface area contributed by atoms with Crippen LogP contribution in [-0.2, 0) is 0 Å². The predicted octanol–water partition coefficient (Wildman–Crippen LogP) is 12.7. The fourth-order valence-electron chi connectivity index (χ4n) is 5.18. The molecule has 228 valence electrons. The van der Waals surface area contributed by atoms with Crippen LogP contribution < -0.4 is 5.46 Å². The highest BCUT2D eigenvalue weighted by Crippen LogP contribution is 2.41. The van der Waals surface area contributed by atoms with Crippen LogP contribution in [0.3, 0.4) is 0 Å². The Hall–Kier alpha value is -2.24. The molecule has 0 radical (unpaired) electrons. The largest absolute Gasteiger partial charge is 0.489 e. The van der Waals surface area contributed by atoms with Gasteiger partial charge in [0.1, 0.15) is 0 Å². The number of fused-ring (bicyclic) bond motifs is 6. The summed E-state index contributed by atoms with van der Waals surface area (Å²) in [5, 5.41) is 25.0. The molecule has 0 unspecified atom stereocenters. The van der Waals surface area contributed by atoms with Crippen LogP contribution in [0.15, 0.2) is 135 Å². The molecule has 2 heterocycles. The minimum atomic E-state index is -1.41. The topological polar surface area (TPSA) is 40.5 Å². The second kappa shape index (κ2) is 14.9. The molecule has 0 aliphatic heterocycles. The van der Waals surface area contributed by atoms with Crippen LogP contribution in [0.5, 0.6) is 0 Å². The van der Waals surface area contributed by atoms with Crippen molar-refractivity contribution in [2.75, 3.05) is 0 Å². The first-order chi connectivity index (χ1) is 22.2. The Balaban J connectivity index is 0.000000131. The normalized spacial score (nSPS) is 10.9. The SMILES string of the molecule is Clc1cc(Br)cc(-c2cccc3c2sc2ccccc23)c1.Clc1cc(Br)cc(Br)c1.OB(O)c1cccc2c1sc1ccccc12. The van der Waals surface area contributed by atoms with E-state index in [1.165, 1.54) is 35.8 Å². The number of thiophene rings is 2. The van der Waals surface area contributed by atoms with Gasteiger partial charge >= 0.3 is 7.12 Å². The Kier molecular flexibility index (Phi) is 10.9. The van der Waals surface area contributed by atoms with Crippen LogP contribution in [0.25, 0.3) is 51.5 Å². The van der Waals surface area contributed by atoms with E-state index in [4.69, 9.17) is 23.2 Å². The molecule has 0 spiro atoms. The third kappa shape index (κ3) is 7.57. The van der Waals surface area contributed by atoms with Gasteiger partial charge in [-0.05, 0) is 70.5 Å². The number of hydrogen-bond acceptors (Lipinski definition) is 4. The maximum atomic E-state index is 9.31. The van der Waals surface area contributed by atoms with Crippen molar-refractivity contribution >= 4 is 147 Å². The van der Waals surface area contributed by atoms with Crippen molar-refractivity contribution in [1.29, 1.82) is 0 Å². The molecule has 0 saturated heterocycles. The zero-order chi connectivity index (χ0) is 32.4. The van der Waals surface area contributed by atoms with Gasteiger partial charge in [-0.15, -0.1) is 22.7 Å². The van der Waals surface area contributed by atoms with Crippen molar-refractivity contribution in [2.45, 2.75) is 0 Å². The zero-order valence-electron chi connectivity index (χ0n) is 23.7. The molecule has 2 aromatic heterocycles. The molecule has 46 heavy (non-hydrogen) atoms. The fourth-order valence-corrected chi connectivity index (χ4v) is 10.3. The fraction of sp³-hybridized carbons (Fsp3) is 0. The summed E-state index contributed by atoms with van der Waals surface area (Å²) >= 11 is 25.5. The first-order valence-corrected chi connectivity index (χ1v) is 18.7. The molecule has 10 heteroatoms. The Morgan fingerprint density at radius 1 is 0.500 bits per heavy atom. The highest BCUT2D eigenvalue weighted by Gasteiger charge is 2.17. The van der Waals surface area contributed by atoms with Crippen molar-refractivity contribution in [3.8, 4) is 11.1 Å². The van der Waals surface area contributed by atoms with Crippen LogP contribution in [0.1, 0.15) is 0 Å². The van der Waals surface area contributed by atoms with E-state index >= 15 is 0 Å². The average Bonchev–Trinajstić information content (AvgIpc) is 3.59. The van der Waals surface area contributed by atoms with Gasteiger partial charge in [-0.3, -0.25) is 0 Å². The lowest BCUT2D eigenvalue weighted by Crippen LogP contribution is -2.29. The summed E-state index contributed by atoms with van der Waals surface area (Å²) in [7, 11) is -1.41. The minimum Gasteiger partial charge on any atom is -0.423 e. The van der Waals surface area contributed by atoms with Crippen molar-refractivity contribution in [1.82, 2.24) is 0 Å². The Bertz CT molecular complexity index is 2270. The maximum Gasteiger partial charge on any atom is 0.489 e. The third-order valence-electron chi connectivity index (χ3n) is 7.12. The smallest absolute Gasteiger partial charge is 0.423 e. The van der Waals surface area contributed by atoms with Crippen molar-refractivity contribution in [3.05, 3.63) is 145 Å². The highest BCUT2D eigenvalue weighted by molar-refractivity contribution is 9.11. The Morgan fingerprint density at radius 3 is 1.54 bits per heavy atom. The molecule has 0 fully saturated rings. The summed E-state index contributed by atoms with van der Waals surface area (Å²) in [6.45, 7) is 0. The standard InChI is InChI=1S/C18H10BrClS.C12H9BO2S.C6H3Br2Cl/c19-12-8-11(9-13(20)10-12)14-5-3-6-16-15-4-1-2-7-17(15)21-18(14)16;14-13(15)10-6-3-5-9-8-4-1-2-7-11(8)16-12(9)10;7-4-1-5(8)3-6(9)2-4/h1-10H;1-7,14-15H;1-3H. The molecule has 8 aromatic rings. The number of benzene rings is 6. The van der Waals surface area contributed by atoms with Crippen LogP contribution in [0.2, 0.25) is 10.0 Å². The van der Waals surface area contributed by atoms with Gasteiger partial charge in [0, 0.05) is 58.4 Å². The summed E-state index contributed by atoms with van der Waals surface area (Å²) in [5.74, 6) is 0. The Labute approximate surface area is 309 Å². The molecule has 6 aromatic carbocycles. The molecular weight excluding hydrogens is 850 g/mol. The van der Waals surface area contributed by atoms with Crippen molar-refractivity contribution in [2.24, 2.45) is 0 Å². The van der Waals surface area contributed by atoms with Gasteiger partial charge in [0.15, 0.2) is 0 Å². The minimum absolute atomic E-state index is 0.582. The van der Waals surface area contributed by atoms with Crippen LogP contribution in [0.4, 0.5) is 0 Å². The molecule has 0 aliphatic rings. The highest BCUT2D eigenvalue weighted by atomic mass is 79.9. The lowest BCUT2D eigenvalue weighted by atomic mass is 9.80. The van der Waals surface area contributed by atoms with Crippen LogP contribution >= 0.6 is 93.7 Å². The van der Waals surface area contributed by atoms with Crippen LogP contribution in [0, 0.1) is 0 Å². The summed E-state index contributed by atoms with van der Waals surface area (Å²) in [6.07, 6.45) is 0. The van der Waals surface area contributed by atoms with E-state index in [9.17, 15) is 10.0 Å². The summed E-state index contributed by atoms with van der Waals surface area (Å²) in [4.78, 5) is 0. The monoisotopic (exact) mass is 868 g/mol. The van der Waals surface area contributed by atoms with Crippen molar-refractivity contribution < 1.29 is 10.0 Å². The van der Waals surface area contributed by atoms with Gasteiger partial charge in [-0.2, -0.15) is 0 Å². The number of hydrogen-bond donors (Lipinski definition) is 2. The van der Waals surface area contributed by atoms with E-state index in [0.717, 1.165) is 39.1 Å². The first-order valence-electron chi connectivity index (χ1n) is 13.9. The molecule has 0 saturated carbocycles. The van der Waals surface area contributed by atoms with E-state index in [1.807, 2.05) is 72.0 Å². The number of halogens is 5. The van der Waals surface area contributed by atoms with Gasteiger partial charge in [0.2, 0.25) is 0 Å². The third-order valence-corrected chi connectivity index (χ3v) is 11.4. The van der Waals surface area contributed by atoms with Crippen LogP contribution in [-0.4, -0.2) is 17.2 Å². The second-order valence-corrected chi connectivity index (χ2v) is 15.9. The molecule has 0 aliphatic carbocycles. The lowest BCUT2D eigenvalue weighted by molar-refractivity contribution is 0.426. The van der Waals surface area contributed by atoms with Gasteiger partial charge < -0.3 is 10.0 Å². The molecule has 2 N–H and O–H groups in total. The summed E-state index contributed by atoms with van der Waals surface area (Å²) in [6, 6.07) is 40.4. The van der Waals surface area contributed by atoms with E-state index < -0.39 is 7.12 Å². The van der Waals surface area contributed by atoms with Gasteiger partial charge in [0.25, 0.3) is 0 Å². The van der Waals surface area contributed by atoms with Gasteiger partial charge in [0.05, 0.1) is 0 Å². The van der Waals surface area contributed by atoms with E-state index in [0.29, 0.717) is 5.46 Å². The summed E-state index contributed by atoms with van der Waals surface area (Å²) in [5.41, 5.74) is 2.96. The molecule has 2 nitrogen and oxygen atoms in total. The maximum absolute atomic E-state index is 9.31. The quantitative estimate of drug-likeness (QED) is 0.170. The Morgan fingerprint density at radius 2 is 0.978 bits per heavy atom. The van der Waals surface area contributed by atoms with Crippen molar-refractivity contribution in [3.63, 3.8) is 0 Å². The van der Waals surface area contributed by atoms with E-state index in [1.54, 1.807) is 17.4 Å². The summed E-state index contributed by atoms with van der Waals surface area (Å²) < 4.78 is 7.74. The second-order valence-electron chi connectivity index (χ2n) is 10.2. The molecule has 0 bridgehead atoms. The van der Waals surface area contributed by atoms with Gasteiger partial charge in [-0.25, -0.2) is 0 Å². The molecule has 0 amide bonds. The predicted molar refractivity (Wildman–Crippen MR) is 213 cm³/mol. The average molecular weight is 872 g/mol. The molecular formula is C36H22BBr3Cl2O2S2. The first kappa shape index (κ1) is 33.7. The van der Waals surface area contributed by atoms with Gasteiger partial charge in [-0.1, -0.05) is 144 Å². The lowest BCUT2D eigenvalue weighted by Gasteiger charge is -2.05. The molecule has 8 rings (SSSR count). The van der Waals surface area contributed by atoms with E-state index in [2.05, 4.69) is 102 Å². The number of rotatable bonds is 2.